The summed E-state index contributed by atoms with van der Waals surface area (Å²) in [5.41, 5.74) is 5.65. The molecule has 0 radical (unpaired) electrons. The molecule has 4 rings (SSSR count). The molecular weight excluding hydrogens is 268 g/mol. The van der Waals surface area contributed by atoms with Crippen LogP contribution in [-0.4, -0.2) is 5.78 Å². The van der Waals surface area contributed by atoms with Crippen molar-refractivity contribution in [1.82, 2.24) is 0 Å². The maximum absolute atomic E-state index is 12.6. The van der Waals surface area contributed by atoms with Gasteiger partial charge in [-0.15, -0.1) is 0 Å². The number of fused-ring (bicyclic) bond motifs is 2. The van der Waals surface area contributed by atoms with Crippen LogP contribution in [0.15, 0.2) is 54.6 Å². The van der Waals surface area contributed by atoms with E-state index in [1.807, 2.05) is 6.92 Å². The van der Waals surface area contributed by atoms with Gasteiger partial charge in [0, 0.05) is 11.5 Å². The third kappa shape index (κ3) is 1.82. The SMILES string of the molecule is Cc1ccc(-c2cccc3c2C(=O)C(C)C3)c2ccccc12. The molecule has 0 N–H and O–H groups in total. The summed E-state index contributed by atoms with van der Waals surface area (Å²) in [6.07, 6.45) is 0.867. The van der Waals surface area contributed by atoms with Crippen LogP contribution in [0, 0.1) is 12.8 Å². The predicted molar refractivity (Wildman–Crippen MR) is 91.3 cm³/mol. The van der Waals surface area contributed by atoms with E-state index in [0.717, 1.165) is 17.5 Å². The highest BCUT2D eigenvalue weighted by Gasteiger charge is 2.29. The van der Waals surface area contributed by atoms with Crippen molar-refractivity contribution in [2.75, 3.05) is 0 Å². The minimum absolute atomic E-state index is 0.105. The number of benzene rings is 3. The number of carbonyl (C=O) groups excluding carboxylic acids is 1. The summed E-state index contributed by atoms with van der Waals surface area (Å²) in [6.45, 7) is 4.16. The van der Waals surface area contributed by atoms with Gasteiger partial charge < -0.3 is 0 Å². The molecule has 22 heavy (non-hydrogen) atoms. The number of rotatable bonds is 1. The fourth-order valence-corrected chi connectivity index (χ4v) is 3.64. The Morgan fingerprint density at radius 2 is 1.64 bits per heavy atom. The number of ketones is 1. The number of carbonyl (C=O) groups is 1. The van der Waals surface area contributed by atoms with E-state index in [4.69, 9.17) is 0 Å². The van der Waals surface area contributed by atoms with Gasteiger partial charge in [-0.25, -0.2) is 0 Å². The lowest BCUT2D eigenvalue weighted by molar-refractivity contribution is 0.0947. The second-order valence-electron chi connectivity index (χ2n) is 6.28. The van der Waals surface area contributed by atoms with E-state index in [1.165, 1.54) is 27.5 Å². The highest BCUT2D eigenvalue weighted by molar-refractivity contribution is 6.10. The second-order valence-corrected chi connectivity index (χ2v) is 6.28. The van der Waals surface area contributed by atoms with Gasteiger partial charge in [0.05, 0.1) is 0 Å². The normalized spacial score (nSPS) is 17.0. The van der Waals surface area contributed by atoms with Crippen LogP contribution in [-0.2, 0) is 6.42 Å². The molecule has 0 saturated carbocycles. The van der Waals surface area contributed by atoms with Gasteiger partial charge in [-0.3, -0.25) is 4.79 Å². The topological polar surface area (TPSA) is 17.1 Å². The Balaban J connectivity index is 2.05. The third-order valence-electron chi connectivity index (χ3n) is 4.80. The van der Waals surface area contributed by atoms with Crippen LogP contribution in [0.4, 0.5) is 0 Å². The molecule has 0 saturated heterocycles. The summed E-state index contributed by atoms with van der Waals surface area (Å²) in [5.74, 6) is 0.392. The average Bonchev–Trinajstić information content (AvgIpc) is 2.83. The van der Waals surface area contributed by atoms with E-state index in [0.29, 0.717) is 0 Å². The van der Waals surface area contributed by atoms with E-state index in [2.05, 4.69) is 61.5 Å². The Hall–Kier alpha value is -2.41. The summed E-state index contributed by atoms with van der Waals surface area (Å²) in [5, 5.41) is 2.49. The highest BCUT2D eigenvalue weighted by Crippen LogP contribution is 2.38. The molecule has 3 aromatic rings. The molecule has 1 aliphatic carbocycles. The molecule has 0 aromatic heterocycles. The zero-order valence-corrected chi connectivity index (χ0v) is 12.9. The lowest BCUT2D eigenvalue weighted by Gasteiger charge is -2.12. The lowest BCUT2D eigenvalue weighted by atomic mass is 9.91. The summed E-state index contributed by atoms with van der Waals surface area (Å²) in [7, 11) is 0. The van der Waals surface area contributed by atoms with Crippen molar-refractivity contribution >= 4 is 16.6 Å². The van der Waals surface area contributed by atoms with Crippen molar-refractivity contribution in [3.05, 3.63) is 71.3 Å². The van der Waals surface area contributed by atoms with Gasteiger partial charge in [-0.2, -0.15) is 0 Å². The summed E-state index contributed by atoms with van der Waals surface area (Å²) in [6, 6.07) is 19.0. The molecule has 0 aliphatic heterocycles. The van der Waals surface area contributed by atoms with E-state index >= 15 is 0 Å². The molecule has 0 spiro atoms. The molecule has 0 heterocycles. The molecule has 1 nitrogen and oxygen atoms in total. The van der Waals surface area contributed by atoms with Gasteiger partial charge in [0.15, 0.2) is 5.78 Å². The number of hydrogen-bond donors (Lipinski definition) is 0. The molecule has 0 amide bonds. The maximum atomic E-state index is 12.6. The molecule has 0 bridgehead atoms. The Bertz CT molecular complexity index is 905. The smallest absolute Gasteiger partial charge is 0.166 e. The molecule has 0 fully saturated rings. The molecule has 3 aromatic carbocycles. The Morgan fingerprint density at radius 3 is 2.45 bits per heavy atom. The maximum Gasteiger partial charge on any atom is 0.166 e. The van der Waals surface area contributed by atoms with E-state index in [9.17, 15) is 4.79 Å². The Kier molecular flexibility index (Phi) is 2.90. The first-order chi connectivity index (χ1) is 10.7. The van der Waals surface area contributed by atoms with Crippen molar-refractivity contribution in [1.29, 1.82) is 0 Å². The minimum Gasteiger partial charge on any atom is -0.294 e. The third-order valence-corrected chi connectivity index (χ3v) is 4.80. The predicted octanol–water partition coefficient (Wildman–Crippen LogP) is 5.19. The van der Waals surface area contributed by atoms with Gasteiger partial charge in [-0.05, 0) is 46.4 Å². The second kappa shape index (κ2) is 4.81. The zero-order chi connectivity index (χ0) is 15.3. The first-order valence-corrected chi connectivity index (χ1v) is 7.81. The summed E-state index contributed by atoms with van der Waals surface area (Å²) < 4.78 is 0. The lowest BCUT2D eigenvalue weighted by Crippen LogP contribution is -2.04. The summed E-state index contributed by atoms with van der Waals surface area (Å²) >= 11 is 0. The van der Waals surface area contributed by atoms with Crippen LogP contribution in [0.2, 0.25) is 0 Å². The zero-order valence-electron chi connectivity index (χ0n) is 12.9. The van der Waals surface area contributed by atoms with Gasteiger partial charge in [0.2, 0.25) is 0 Å². The van der Waals surface area contributed by atoms with E-state index in [1.54, 1.807) is 0 Å². The average molecular weight is 286 g/mol. The van der Waals surface area contributed by atoms with Crippen molar-refractivity contribution < 1.29 is 4.79 Å². The van der Waals surface area contributed by atoms with Crippen molar-refractivity contribution in [3.63, 3.8) is 0 Å². The van der Waals surface area contributed by atoms with Crippen LogP contribution in [0.3, 0.4) is 0 Å². The molecule has 1 heteroatoms. The van der Waals surface area contributed by atoms with Crippen LogP contribution >= 0.6 is 0 Å². The number of hydrogen-bond acceptors (Lipinski definition) is 1. The standard InChI is InChI=1S/C21H18O/c1-13-10-11-18(17-8-4-3-7-16(13)17)19-9-5-6-15-12-14(2)21(22)20(15)19/h3-11,14H,12H2,1-2H3. The van der Waals surface area contributed by atoms with Crippen LogP contribution in [0.1, 0.15) is 28.4 Å². The fourth-order valence-electron chi connectivity index (χ4n) is 3.64. The molecule has 108 valence electrons. The highest BCUT2D eigenvalue weighted by atomic mass is 16.1. The first-order valence-electron chi connectivity index (χ1n) is 7.81. The van der Waals surface area contributed by atoms with E-state index < -0.39 is 0 Å². The summed E-state index contributed by atoms with van der Waals surface area (Å²) in [4.78, 5) is 12.6. The molecular formula is C21H18O. The van der Waals surface area contributed by atoms with Crippen molar-refractivity contribution in [2.24, 2.45) is 5.92 Å². The molecule has 1 atom stereocenters. The quantitative estimate of drug-likeness (QED) is 0.601. The Morgan fingerprint density at radius 1 is 0.864 bits per heavy atom. The van der Waals surface area contributed by atoms with Gasteiger partial charge in [0.25, 0.3) is 0 Å². The number of Topliss-reactive ketones (excluding diaryl/α,β-unsaturated/α-hetero) is 1. The van der Waals surface area contributed by atoms with E-state index in [-0.39, 0.29) is 11.7 Å². The molecule has 1 aliphatic rings. The fraction of sp³-hybridized carbons (Fsp3) is 0.190. The van der Waals surface area contributed by atoms with Crippen LogP contribution in [0.5, 0.6) is 0 Å². The Labute approximate surface area is 130 Å². The largest absolute Gasteiger partial charge is 0.294 e. The monoisotopic (exact) mass is 286 g/mol. The van der Waals surface area contributed by atoms with Crippen molar-refractivity contribution in [3.8, 4) is 11.1 Å². The van der Waals surface area contributed by atoms with Crippen molar-refractivity contribution in [2.45, 2.75) is 20.3 Å². The first kappa shape index (κ1) is 13.3. The van der Waals surface area contributed by atoms with Crippen LogP contribution in [0.25, 0.3) is 21.9 Å². The minimum atomic E-state index is 0.105. The van der Waals surface area contributed by atoms with Crippen LogP contribution < -0.4 is 0 Å². The van der Waals surface area contributed by atoms with Gasteiger partial charge in [0.1, 0.15) is 0 Å². The van der Waals surface area contributed by atoms with Gasteiger partial charge in [-0.1, -0.05) is 61.5 Å². The number of aryl methyl sites for hydroxylation is 1. The molecule has 1 unspecified atom stereocenters. The van der Waals surface area contributed by atoms with Gasteiger partial charge >= 0.3 is 0 Å².